The highest BCUT2D eigenvalue weighted by molar-refractivity contribution is 5.91. The molecular weight excluding hydrogens is 725 g/mol. The molecule has 4 unspecified atom stereocenters. The van der Waals surface area contributed by atoms with Gasteiger partial charge in [0.05, 0.1) is 48.1 Å². The zero-order valence-corrected chi connectivity index (χ0v) is 34.1. The van der Waals surface area contributed by atoms with Crippen LogP contribution < -0.4 is 18.9 Å². The van der Waals surface area contributed by atoms with Crippen LogP contribution in [0, 0.1) is 23.7 Å². The minimum Gasteiger partial charge on any atom is -0.497 e. The standard InChI is InChI=1S/C48H54N6O4/c1-5-29-27-53-21-17-31(29)23-43(53)45(35-15-19-49-41-13-11-33(55-3)25-39(35)41)57-47-37-9-7-8-10-38(37)48(52-51-47)58-46(44-24-32-18-22-54(44)28-30(32)6-2)36-16-20-50-42-14-12-34(56-4)26-40(36)42/h7-16,19-20,25-26,29-32,43-46H,5-6,17-18,21-24,27-28H2,1-4H3/t29-,30-,31?,32?,43-,44-,45+,46+/m1/s1. The maximum Gasteiger partial charge on any atom is 0.242 e. The minimum absolute atomic E-state index is 0.180. The number of hydrogen-bond acceptors (Lipinski definition) is 10. The summed E-state index contributed by atoms with van der Waals surface area (Å²) in [5, 5.41) is 13.7. The Kier molecular flexibility index (Phi) is 10.0. The second kappa shape index (κ2) is 15.6. The van der Waals surface area contributed by atoms with E-state index in [1.165, 1.54) is 25.7 Å². The molecule has 4 bridgehead atoms. The Bertz CT molecular complexity index is 2280. The van der Waals surface area contributed by atoms with Gasteiger partial charge in [-0.3, -0.25) is 19.8 Å². The van der Waals surface area contributed by atoms with E-state index in [1.54, 1.807) is 14.2 Å². The first-order valence-electron chi connectivity index (χ1n) is 21.5. The number of ether oxygens (including phenoxy) is 4. The Hall–Kier alpha value is -5.06. The van der Waals surface area contributed by atoms with Crippen molar-refractivity contribution in [2.24, 2.45) is 23.7 Å². The van der Waals surface area contributed by atoms with Crippen LogP contribution in [0.1, 0.15) is 75.7 Å². The molecule has 6 aliphatic heterocycles. The summed E-state index contributed by atoms with van der Waals surface area (Å²) >= 11 is 0. The Labute approximate surface area is 340 Å². The topological polar surface area (TPSA) is 95.0 Å². The maximum atomic E-state index is 7.30. The Morgan fingerprint density at radius 3 is 1.47 bits per heavy atom. The highest BCUT2D eigenvalue weighted by Gasteiger charge is 2.46. The molecule has 10 nitrogen and oxygen atoms in total. The molecule has 0 saturated carbocycles. The molecule has 6 saturated heterocycles. The third kappa shape index (κ3) is 6.58. The quantitative estimate of drug-likeness (QED) is 0.120. The van der Waals surface area contributed by atoms with E-state index in [0.29, 0.717) is 35.4 Å². The molecule has 0 amide bonds. The molecule has 3 aromatic heterocycles. The summed E-state index contributed by atoms with van der Waals surface area (Å²) in [5.74, 6) is 5.39. The van der Waals surface area contributed by atoms with Gasteiger partial charge < -0.3 is 18.9 Å². The molecule has 3 aromatic carbocycles. The van der Waals surface area contributed by atoms with Gasteiger partial charge in [0, 0.05) is 47.4 Å². The summed E-state index contributed by atoms with van der Waals surface area (Å²) in [5.41, 5.74) is 4.01. The largest absolute Gasteiger partial charge is 0.497 e. The van der Waals surface area contributed by atoms with Crippen LogP contribution in [-0.4, -0.2) is 82.4 Å². The normalized spacial score (nSPS) is 27.4. The van der Waals surface area contributed by atoms with E-state index >= 15 is 0 Å². The number of methoxy groups -OCH3 is 2. The molecule has 0 N–H and O–H groups in total. The summed E-state index contributed by atoms with van der Waals surface area (Å²) in [6.07, 6.45) is 10.2. The summed E-state index contributed by atoms with van der Waals surface area (Å²) in [4.78, 5) is 14.8. The number of piperidine rings is 6. The van der Waals surface area contributed by atoms with Gasteiger partial charge in [-0.1, -0.05) is 38.8 Å². The molecule has 9 heterocycles. The first kappa shape index (κ1) is 37.2. The van der Waals surface area contributed by atoms with E-state index in [0.717, 1.165) is 94.2 Å². The predicted octanol–water partition coefficient (Wildman–Crippen LogP) is 9.22. The molecule has 6 aromatic rings. The number of benzene rings is 3. The highest BCUT2D eigenvalue weighted by atomic mass is 16.5. The van der Waals surface area contributed by atoms with Crippen LogP contribution in [0.2, 0.25) is 0 Å². The van der Waals surface area contributed by atoms with Crippen molar-refractivity contribution < 1.29 is 18.9 Å². The van der Waals surface area contributed by atoms with Gasteiger partial charge in [-0.2, -0.15) is 0 Å². The van der Waals surface area contributed by atoms with Crippen molar-refractivity contribution >= 4 is 32.6 Å². The van der Waals surface area contributed by atoms with Crippen molar-refractivity contribution in [2.75, 3.05) is 40.4 Å². The van der Waals surface area contributed by atoms with E-state index in [1.807, 2.05) is 36.7 Å². The number of rotatable bonds is 12. The van der Waals surface area contributed by atoms with E-state index in [-0.39, 0.29) is 24.3 Å². The van der Waals surface area contributed by atoms with Gasteiger partial charge in [-0.05, 0) is 123 Å². The monoisotopic (exact) mass is 778 g/mol. The predicted molar refractivity (Wildman–Crippen MR) is 227 cm³/mol. The smallest absolute Gasteiger partial charge is 0.242 e. The van der Waals surface area contributed by atoms with Gasteiger partial charge in [0.15, 0.2) is 0 Å². The zero-order chi connectivity index (χ0) is 39.3. The zero-order valence-electron chi connectivity index (χ0n) is 34.1. The van der Waals surface area contributed by atoms with Crippen LogP contribution in [0.4, 0.5) is 0 Å². The summed E-state index contributed by atoms with van der Waals surface area (Å²) in [6, 6.07) is 25.1. The highest BCUT2D eigenvalue weighted by Crippen LogP contribution is 2.47. The van der Waals surface area contributed by atoms with Gasteiger partial charge in [0.1, 0.15) is 23.7 Å². The van der Waals surface area contributed by atoms with Crippen molar-refractivity contribution in [1.29, 1.82) is 0 Å². The number of pyridine rings is 2. The van der Waals surface area contributed by atoms with Crippen LogP contribution in [-0.2, 0) is 0 Å². The maximum absolute atomic E-state index is 7.30. The molecule has 0 spiro atoms. The van der Waals surface area contributed by atoms with Crippen molar-refractivity contribution in [2.45, 2.75) is 76.7 Å². The Balaban J connectivity index is 1.06. The second-order valence-corrected chi connectivity index (χ2v) is 17.0. The van der Waals surface area contributed by atoms with Crippen LogP contribution in [0.25, 0.3) is 32.6 Å². The number of aromatic nitrogens is 4. The average molecular weight is 779 g/mol. The van der Waals surface area contributed by atoms with Crippen molar-refractivity contribution in [1.82, 2.24) is 30.0 Å². The second-order valence-electron chi connectivity index (χ2n) is 17.0. The molecule has 0 radical (unpaired) electrons. The summed E-state index contributed by atoms with van der Waals surface area (Å²) in [6.45, 7) is 9.00. The molecule has 10 heteroatoms. The first-order valence-corrected chi connectivity index (χ1v) is 21.5. The van der Waals surface area contributed by atoms with Crippen LogP contribution >= 0.6 is 0 Å². The lowest BCUT2D eigenvalue weighted by molar-refractivity contribution is -0.0505. The Morgan fingerprint density at radius 2 is 1.07 bits per heavy atom. The van der Waals surface area contributed by atoms with E-state index in [9.17, 15) is 0 Å². The molecule has 300 valence electrons. The van der Waals surface area contributed by atoms with Gasteiger partial charge in [0.2, 0.25) is 11.8 Å². The minimum atomic E-state index is -0.300. The van der Waals surface area contributed by atoms with E-state index in [2.05, 4.69) is 72.2 Å². The van der Waals surface area contributed by atoms with Gasteiger partial charge >= 0.3 is 0 Å². The number of nitrogens with zero attached hydrogens (tertiary/aromatic N) is 6. The van der Waals surface area contributed by atoms with Crippen LogP contribution in [0.5, 0.6) is 23.3 Å². The number of hydrogen-bond donors (Lipinski definition) is 0. The molecule has 10 atom stereocenters. The third-order valence-electron chi connectivity index (χ3n) is 14.3. The van der Waals surface area contributed by atoms with Gasteiger partial charge in [-0.25, -0.2) is 0 Å². The summed E-state index contributed by atoms with van der Waals surface area (Å²) < 4.78 is 26.0. The lowest BCUT2D eigenvalue weighted by Crippen LogP contribution is -2.56. The van der Waals surface area contributed by atoms with E-state index in [4.69, 9.17) is 39.1 Å². The van der Waals surface area contributed by atoms with Crippen molar-refractivity contribution in [3.63, 3.8) is 0 Å². The molecule has 6 aliphatic rings. The fourth-order valence-electron chi connectivity index (χ4n) is 11.1. The lowest BCUT2D eigenvalue weighted by Gasteiger charge is -2.52. The molecule has 58 heavy (non-hydrogen) atoms. The van der Waals surface area contributed by atoms with Crippen LogP contribution in [0.3, 0.4) is 0 Å². The molecule has 0 aliphatic carbocycles. The van der Waals surface area contributed by atoms with Crippen molar-refractivity contribution in [3.8, 4) is 23.3 Å². The van der Waals surface area contributed by atoms with Gasteiger partial charge in [0.25, 0.3) is 0 Å². The third-order valence-corrected chi connectivity index (χ3v) is 14.3. The van der Waals surface area contributed by atoms with Crippen LogP contribution in [0.15, 0.2) is 85.2 Å². The molecule has 12 rings (SSSR count). The fourth-order valence-corrected chi connectivity index (χ4v) is 11.1. The molecular formula is C48H54N6O4. The fraction of sp³-hybridized carbons (Fsp3) is 0.458. The van der Waals surface area contributed by atoms with Gasteiger partial charge in [-0.15, -0.1) is 10.2 Å². The first-order chi connectivity index (χ1) is 28.5. The molecule has 6 fully saturated rings. The number of fused-ring (bicyclic) bond motifs is 9. The Morgan fingerprint density at radius 1 is 0.603 bits per heavy atom. The average Bonchev–Trinajstić information content (AvgIpc) is 3.29. The van der Waals surface area contributed by atoms with Crippen molar-refractivity contribution in [3.05, 3.63) is 96.3 Å². The SMILES string of the molecule is CC[C@@H]1CN2CCC1C[C@@H]2[C@@H](Oc1nnc(O[C@@H](c2ccnc3ccc(OC)cc23)[C@H]2CC3CCN2C[C@H]3CC)c2ccccc12)c1ccnc2ccc(OC)cc12. The van der Waals surface area contributed by atoms with E-state index < -0.39 is 0 Å². The lowest BCUT2D eigenvalue weighted by atomic mass is 9.72. The summed E-state index contributed by atoms with van der Waals surface area (Å²) in [7, 11) is 3.42.